The van der Waals surface area contributed by atoms with Crippen molar-refractivity contribution < 1.29 is 18.7 Å². The van der Waals surface area contributed by atoms with E-state index in [0.29, 0.717) is 45.1 Å². The van der Waals surface area contributed by atoms with Crippen LogP contribution in [0.4, 0.5) is 14.9 Å². The average molecular weight is 349 g/mol. The van der Waals surface area contributed by atoms with Crippen LogP contribution in [0.5, 0.6) is 0 Å². The molecular formula is C18H24FN3O3. The first-order valence-corrected chi connectivity index (χ1v) is 8.73. The summed E-state index contributed by atoms with van der Waals surface area (Å²) in [7, 11) is 0. The zero-order chi connectivity index (χ0) is 17.8. The Morgan fingerprint density at radius 1 is 1.20 bits per heavy atom. The van der Waals surface area contributed by atoms with Gasteiger partial charge in [0, 0.05) is 31.9 Å². The average Bonchev–Trinajstić information content (AvgIpc) is 2.65. The molecule has 0 bridgehead atoms. The quantitative estimate of drug-likeness (QED) is 0.891. The fraction of sp³-hybridized carbons (Fsp3) is 0.556. The predicted octanol–water partition coefficient (Wildman–Crippen LogP) is 2.24. The standard InChI is InChI=1S/C18H24FN3O3/c1-13-4-5-15(19)11-16(13)20-18(24)22-6-2-3-14(12-22)17(23)21-7-9-25-10-8-21/h4-5,11,14H,2-3,6-10,12H2,1H3,(H,20,24)/t14-/m0/s1. The maximum Gasteiger partial charge on any atom is 0.321 e. The van der Waals surface area contributed by atoms with Crippen molar-refractivity contribution in [2.75, 3.05) is 44.7 Å². The highest BCUT2D eigenvalue weighted by atomic mass is 19.1. The summed E-state index contributed by atoms with van der Waals surface area (Å²) < 4.78 is 18.7. The Labute approximate surface area is 146 Å². The summed E-state index contributed by atoms with van der Waals surface area (Å²) in [6.07, 6.45) is 1.58. The van der Waals surface area contributed by atoms with Gasteiger partial charge < -0.3 is 19.9 Å². The van der Waals surface area contributed by atoms with E-state index in [9.17, 15) is 14.0 Å². The third-order valence-electron chi connectivity index (χ3n) is 4.82. The molecule has 0 aliphatic carbocycles. The van der Waals surface area contributed by atoms with Gasteiger partial charge >= 0.3 is 6.03 Å². The van der Waals surface area contributed by atoms with Gasteiger partial charge in [-0.15, -0.1) is 0 Å². The Hall–Kier alpha value is -2.15. The maximum atomic E-state index is 13.4. The summed E-state index contributed by atoms with van der Waals surface area (Å²) >= 11 is 0. The molecule has 0 spiro atoms. The first-order chi connectivity index (χ1) is 12.0. The van der Waals surface area contributed by atoms with Crippen molar-refractivity contribution in [2.24, 2.45) is 5.92 Å². The number of rotatable bonds is 2. The first-order valence-electron chi connectivity index (χ1n) is 8.73. The highest BCUT2D eigenvalue weighted by Crippen LogP contribution is 2.22. The number of morpholine rings is 1. The van der Waals surface area contributed by atoms with Gasteiger partial charge in [0.2, 0.25) is 5.91 Å². The molecule has 7 heteroatoms. The number of benzene rings is 1. The van der Waals surface area contributed by atoms with Gasteiger partial charge in [0.05, 0.1) is 19.1 Å². The van der Waals surface area contributed by atoms with Crippen LogP contribution < -0.4 is 5.32 Å². The lowest BCUT2D eigenvalue weighted by Gasteiger charge is -2.36. The van der Waals surface area contributed by atoms with E-state index < -0.39 is 0 Å². The molecule has 1 aromatic carbocycles. The third kappa shape index (κ3) is 4.28. The summed E-state index contributed by atoms with van der Waals surface area (Å²) in [6, 6.07) is 4.02. The first kappa shape index (κ1) is 17.7. The van der Waals surface area contributed by atoms with Crippen LogP contribution in [-0.4, -0.2) is 61.1 Å². The molecule has 2 aliphatic heterocycles. The van der Waals surface area contributed by atoms with Crippen LogP contribution in [0, 0.1) is 18.7 Å². The topological polar surface area (TPSA) is 61.9 Å². The lowest BCUT2D eigenvalue weighted by atomic mass is 9.96. The molecule has 6 nitrogen and oxygen atoms in total. The second-order valence-electron chi connectivity index (χ2n) is 6.61. The molecule has 3 amide bonds. The molecule has 0 unspecified atom stereocenters. The van der Waals surface area contributed by atoms with E-state index in [1.165, 1.54) is 12.1 Å². The number of piperidine rings is 1. The van der Waals surface area contributed by atoms with E-state index >= 15 is 0 Å². The van der Waals surface area contributed by atoms with Gasteiger partial charge in [-0.2, -0.15) is 0 Å². The van der Waals surface area contributed by atoms with Crippen LogP contribution in [0.1, 0.15) is 18.4 Å². The van der Waals surface area contributed by atoms with Gasteiger partial charge in [0.1, 0.15) is 5.82 Å². The fourth-order valence-electron chi connectivity index (χ4n) is 3.33. The lowest BCUT2D eigenvalue weighted by Crippen LogP contribution is -2.50. The molecule has 0 saturated carbocycles. The van der Waals surface area contributed by atoms with Crippen LogP contribution in [0.25, 0.3) is 0 Å². The van der Waals surface area contributed by atoms with E-state index in [1.54, 1.807) is 11.0 Å². The van der Waals surface area contributed by atoms with Gasteiger partial charge in [-0.1, -0.05) is 6.07 Å². The molecular weight excluding hydrogens is 325 g/mol. The van der Waals surface area contributed by atoms with Crippen LogP contribution in [0.3, 0.4) is 0 Å². The minimum absolute atomic E-state index is 0.0998. The van der Waals surface area contributed by atoms with E-state index in [-0.39, 0.29) is 23.7 Å². The summed E-state index contributed by atoms with van der Waals surface area (Å²) in [4.78, 5) is 28.6. The van der Waals surface area contributed by atoms with E-state index in [1.807, 2.05) is 11.8 Å². The van der Waals surface area contributed by atoms with Gasteiger partial charge in [-0.3, -0.25) is 4.79 Å². The normalized spacial score (nSPS) is 21.1. The van der Waals surface area contributed by atoms with Gasteiger partial charge in [-0.25, -0.2) is 9.18 Å². The fourth-order valence-corrected chi connectivity index (χ4v) is 3.33. The number of nitrogens with one attached hydrogen (secondary N) is 1. The SMILES string of the molecule is Cc1ccc(F)cc1NC(=O)N1CCC[C@H](C(=O)N2CCOCC2)C1. The zero-order valence-corrected chi connectivity index (χ0v) is 14.5. The Kier molecular flexibility index (Phi) is 5.53. The third-order valence-corrected chi connectivity index (χ3v) is 4.82. The number of aryl methyl sites for hydroxylation is 1. The summed E-state index contributed by atoms with van der Waals surface area (Å²) in [5, 5.41) is 2.76. The molecule has 2 heterocycles. The molecule has 3 rings (SSSR count). The number of hydrogen-bond donors (Lipinski definition) is 1. The number of ether oxygens (including phenoxy) is 1. The highest BCUT2D eigenvalue weighted by Gasteiger charge is 2.32. The smallest absolute Gasteiger partial charge is 0.321 e. The monoisotopic (exact) mass is 349 g/mol. The van der Waals surface area contributed by atoms with Crippen molar-refractivity contribution in [3.05, 3.63) is 29.6 Å². The molecule has 136 valence electrons. The molecule has 2 saturated heterocycles. The summed E-state index contributed by atoms with van der Waals surface area (Å²) in [5.74, 6) is -0.464. The van der Waals surface area contributed by atoms with Crippen LogP contribution in [0.2, 0.25) is 0 Å². The molecule has 25 heavy (non-hydrogen) atoms. The van der Waals surface area contributed by atoms with Crippen molar-refractivity contribution in [1.29, 1.82) is 0 Å². The second kappa shape index (κ2) is 7.82. The minimum Gasteiger partial charge on any atom is -0.378 e. The molecule has 2 aliphatic rings. The second-order valence-corrected chi connectivity index (χ2v) is 6.61. The van der Waals surface area contributed by atoms with Crippen LogP contribution >= 0.6 is 0 Å². The van der Waals surface area contributed by atoms with Crippen molar-refractivity contribution in [3.8, 4) is 0 Å². The lowest BCUT2D eigenvalue weighted by molar-refractivity contribution is -0.141. The maximum absolute atomic E-state index is 13.4. The number of amides is 3. The number of likely N-dealkylation sites (tertiary alicyclic amines) is 1. The van der Waals surface area contributed by atoms with Crippen molar-refractivity contribution >= 4 is 17.6 Å². The summed E-state index contributed by atoms with van der Waals surface area (Å²) in [5.41, 5.74) is 1.26. The zero-order valence-electron chi connectivity index (χ0n) is 14.5. The van der Waals surface area contributed by atoms with E-state index in [2.05, 4.69) is 5.32 Å². The minimum atomic E-state index is -0.389. The Morgan fingerprint density at radius 2 is 1.96 bits per heavy atom. The number of anilines is 1. The largest absolute Gasteiger partial charge is 0.378 e. The summed E-state index contributed by atoms with van der Waals surface area (Å²) in [6.45, 7) is 5.19. The molecule has 1 aromatic rings. The van der Waals surface area contributed by atoms with Crippen LogP contribution in [-0.2, 0) is 9.53 Å². The molecule has 0 aromatic heterocycles. The highest BCUT2D eigenvalue weighted by molar-refractivity contribution is 5.90. The van der Waals surface area contributed by atoms with E-state index in [4.69, 9.17) is 4.74 Å². The van der Waals surface area contributed by atoms with Crippen molar-refractivity contribution in [2.45, 2.75) is 19.8 Å². The van der Waals surface area contributed by atoms with Crippen LogP contribution in [0.15, 0.2) is 18.2 Å². The Morgan fingerprint density at radius 3 is 2.72 bits per heavy atom. The Balaban J connectivity index is 1.61. The van der Waals surface area contributed by atoms with E-state index in [0.717, 1.165) is 18.4 Å². The number of halogens is 1. The van der Waals surface area contributed by atoms with Gasteiger partial charge in [0.15, 0.2) is 0 Å². The van der Waals surface area contributed by atoms with Crippen molar-refractivity contribution in [3.63, 3.8) is 0 Å². The number of nitrogens with zero attached hydrogens (tertiary/aromatic N) is 2. The predicted molar refractivity (Wildman–Crippen MR) is 91.9 cm³/mol. The van der Waals surface area contributed by atoms with Crippen molar-refractivity contribution in [1.82, 2.24) is 9.80 Å². The molecule has 2 fully saturated rings. The number of carbonyl (C=O) groups excluding carboxylic acids is 2. The molecule has 0 radical (unpaired) electrons. The van der Waals surface area contributed by atoms with Gasteiger partial charge in [0.25, 0.3) is 0 Å². The van der Waals surface area contributed by atoms with Gasteiger partial charge in [-0.05, 0) is 37.5 Å². The number of carbonyl (C=O) groups is 2. The molecule has 1 N–H and O–H groups in total. The number of hydrogen-bond acceptors (Lipinski definition) is 3. The Bertz CT molecular complexity index is 646. The number of urea groups is 1. The molecule has 1 atom stereocenters.